The average molecular weight is 397 g/mol. The molecule has 0 spiro atoms. The maximum atomic E-state index is 14.4. The first-order chi connectivity index (χ1) is 13.0. The molecule has 1 aromatic heterocycles. The summed E-state index contributed by atoms with van der Waals surface area (Å²) in [5.74, 6) is -1.86. The number of ether oxygens (including phenoxy) is 1. The number of hydrogen-bond donors (Lipinski definition) is 0. The van der Waals surface area contributed by atoms with Gasteiger partial charge in [-0.3, -0.25) is 14.2 Å². The van der Waals surface area contributed by atoms with Crippen molar-refractivity contribution >= 4 is 12.0 Å². The lowest BCUT2D eigenvalue weighted by molar-refractivity contribution is -0.144. The van der Waals surface area contributed by atoms with E-state index in [9.17, 15) is 31.9 Å². The van der Waals surface area contributed by atoms with E-state index in [0.717, 1.165) is 32.4 Å². The quantitative estimate of drug-likeness (QED) is 0.449. The summed E-state index contributed by atoms with van der Waals surface area (Å²) in [6, 6.07) is 3.44. The Morgan fingerprint density at radius 1 is 1.25 bits per heavy atom. The molecule has 11 heteroatoms. The van der Waals surface area contributed by atoms with E-state index in [2.05, 4.69) is 4.74 Å². The number of nitrogens with zero attached hydrogens (tertiary/aromatic N) is 3. The Morgan fingerprint density at radius 2 is 1.89 bits per heavy atom. The molecule has 0 saturated carbocycles. The maximum Gasteiger partial charge on any atom is 0.431 e. The standard InChI is InChI=1S/C17H11F4N3O4/c1-9(25)28-4-3-10-6-13(12(18)5-11(10)8-22)24-15(26)7-14(17(19,20)21)23(2)16(24)27/h3-7H,1-2H3. The lowest BCUT2D eigenvalue weighted by Gasteiger charge is -2.14. The first-order valence-electron chi connectivity index (χ1n) is 7.45. The number of nitriles is 1. The van der Waals surface area contributed by atoms with Crippen molar-refractivity contribution in [3.63, 3.8) is 0 Å². The van der Waals surface area contributed by atoms with Crippen LogP contribution >= 0.6 is 0 Å². The van der Waals surface area contributed by atoms with Crippen LogP contribution < -0.4 is 11.2 Å². The Morgan fingerprint density at radius 3 is 2.43 bits per heavy atom. The van der Waals surface area contributed by atoms with Gasteiger partial charge in [-0.15, -0.1) is 0 Å². The molecule has 0 bridgehead atoms. The van der Waals surface area contributed by atoms with Crippen molar-refractivity contribution in [1.29, 1.82) is 5.26 Å². The highest BCUT2D eigenvalue weighted by Crippen LogP contribution is 2.27. The van der Waals surface area contributed by atoms with Gasteiger partial charge in [0.25, 0.3) is 5.56 Å². The zero-order chi connectivity index (χ0) is 21.2. The van der Waals surface area contributed by atoms with Gasteiger partial charge in [0.15, 0.2) is 0 Å². The number of carbonyl (C=O) groups is 1. The molecule has 146 valence electrons. The molecule has 0 fully saturated rings. The Hall–Kier alpha value is -3.68. The third-order valence-electron chi connectivity index (χ3n) is 3.57. The molecule has 2 rings (SSSR count). The summed E-state index contributed by atoms with van der Waals surface area (Å²) >= 11 is 0. The summed E-state index contributed by atoms with van der Waals surface area (Å²) in [4.78, 5) is 35.2. The van der Waals surface area contributed by atoms with Gasteiger partial charge in [-0.2, -0.15) is 18.4 Å². The number of halogens is 4. The molecule has 0 aliphatic heterocycles. The largest absolute Gasteiger partial charge is 0.435 e. The van der Waals surface area contributed by atoms with E-state index >= 15 is 0 Å². The molecule has 0 N–H and O–H groups in total. The van der Waals surface area contributed by atoms with Crippen LogP contribution in [0.1, 0.15) is 23.7 Å². The lowest BCUT2D eigenvalue weighted by Crippen LogP contribution is -2.41. The highest BCUT2D eigenvalue weighted by molar-refractivity contribution is 5.68. The Kier molecular flexibility index (Phi) is 5.54. The summed E-state index contributed by atoms with van der Waals surface area (Å²) in [5, 5.41) is 9.07. The Labute approximate surface area is 154 Å². The smallest absolute Gasteiger partial charge is 0.431 e. The van der Waals surface area contributed by atoms with Crippen LogP contribution in [-0.2, 0) is 22.8 Å². The van der Waals surface area contributed by atoms with Crippen molar-refractivity contribution in [1.82, 2.24) is 9.13 Å². The summed E-state index contributed by atoms with van der Waals surface area (Å²) in [6.45, 7) is 1.11. The van der Waals surface area contributed by atoms with Crippen LogP contribution in [0.5, 0.6) is 0 Å². The van der Waals surface area contributed by atoms with Crippen molar-refractivity contribution in [2.45, 2.75) is 13.1 Å². The molecule has 2 aromatic rings. The summed E-state index contributed by atoms with van der Waals surface area (Å²) in [5.41, 5.74) is -5.26. The number of hydrogen-bond acceptors (Lipinski definition) is 5. The number of carbonyl (C=O) groups excluding carboxylic acids is 1. The SMILES string of the molecule is CC(=O)OC=Cc1cc(-n2c(=O)cc(C(F)(F)F)n(C)c2=O)c(F)cc1C#N. The number of benzene rings is 1. The lowest BCUT2D eigenvalue weighted by atomic mass is 10.1. The van der Waals surface area contributed by atoms with E-state index in [1.54, 1.807) is 6.07 Å². The highest BCUT2D eigenvalue weighted by Gasteiger charge is 2.35. The second kappa shape index (κ2) is 7.51. The van der Waals surface area contributed by atoms with Gasteiger partial charge < -0.3 is 4.74 Å². The van der Waals surface area contributed by atoms with E-state index in [-0.39, 0.29) is 26.3 Å². The van der Waals surface area contributed by atoms with Crippen LogP contribution in [0.25, 0.3) is 11.8 Å². The van der Waals surface area contributed by atoms with E-state index < -0.39 is 40.6 Å². The molecule has 0 aliphatic rings. The Balaban J connectivity index is 2.76. The van der Waals surface area contributed by atoms with Crippen LogP contribution in [0.2, 0.25) is 0 Å². The van der Waals surface area contributed by atoms with E-state index in [1.807, 2.05) is 0 Å². The zero-order valence-electron chi connectivity index (χ0n) is 14.4. The maximum absolute atomic E-state index is 14.4. The molecule has 0 saturated heterocycles. The minimum Gasteiger partial charge on any atom is -0.435 e. The fraction of sp³-hybridized carbons (Fsp3) is 0.176. The van der Waals surface area contributed by atoms with Gasteiger partial charge in [0, 0.05) is 20.0 Å². The van der Waals surface area contributed by atoms with Gasteiger partial charge in [0.1, 0.15) is 11.5 Å². The second-order valence-electron chi connectivity index (χ2n) is 5.46. The number of alkyl halides is 3. The van der Waals surface area contributed by atoms with E-state index in [1.165, 1.54) is 0 Å². The van der Waals surface area contributed by atoms with Gasteiger partial charge in [0.2, 0.25) is 0 Å². The summed E-state index contributed by atoms with van der Waals surface area (Å²) in [7, 11) is 0.782. The minimum absolute atomic E-state index is 0.0333. The van der Waals surface area contributed by atoms with Gasteiger partial charge >= 0.3 is 17.8 Å². The van der Waals surface area contributed by atoms with Gasteiger partial charge in [0.05, 0.1) is 23.6 Å². The molecule has 0 atom stereocenters. The summed E-state index contributed by atoms with van der Waals surface area (Å²) in [6.07, 6.45) is -2.97. The van der Waals surface area contributed by atoms with Crippen molar-refractivity contribution < 1.29 is 27.1 Å². The second-order valence-corrected chi connectivity index (χ2v) is 5.46. The predicted octanol–water partition coefficient (Wildman–Crippen LogP) is 2.10. The van der Waals surface area contributed by atoms with Crippen molar-refractivity contribution in [3.05, 3.63) is 67.9 Å². The highest BCUT2D eigenvalue weighted by atomic mass is 19.4. The zero-order valence-corrected chi connectivity index (χ0v) is 14.4. The van der Waals surface area contributed by atoms with Crippen molar-refractivity contribution in [3.8, 4) is 11.8 Å². The minimum atomic E-state index is -4.96. The van der Waals surface area contributed by atoms with Crippen LogP contribution in [0.3, 0.4) is 0 Å². The predicted molar refractivity (Wildman–Crippen MR) is 87.8 cm³/mol. The molecule has 0 aliphatic carbocycles. The normalized spacial score (nSPS) is 11.5. The number of rotatable bonds is 3. The monoisotopic (exact) mass is 397 g/mol. The van der Waals surface area contributed by atoms with Gasteiger partial charge in [-0.25, -0.2) is 13.8 Å². The molecule has 0 amide bonds. The molecule has 0 radical (unpaired) electrons. The first-order valence-corrected chi connectivity index (χ1v) is 7.45. The van der Waals surface area contributed by atoms with Crippen molar-refractivity contribution in [2.75, 3.05) is 0 Å². The van der Waals surface area contributed by atoms with Crippen molar-refractivity contribution in [2.24, 2.45) is 7.05 Å². The number of esters is 1. The van der Waals surface area contributed by atoms with Crippen LogP contribution in [0, 0.1) is 17.1 Å². The van der Waals surface area contributed by atoms with Crippen LogP contribution in [-0.4, -0.2) is 15.1 Å². The van der Waals surface area contributed by atoms with Crippen LogP contribution in [0.15, 0.2) is 34.1 Å². The fourth-order valence-electron chi connectivity index (χ4n) is 2.31. The van der Waals surface area contributed by atoms with Gasteiger partial charge in [-0.1, -0.05) is 0 Å². The number of aromatic nitrogens is 2. The molecule has 28 heavy (non-hydrogen) atoms. The third-order valence-corrected chi connectivity index (χ3v) is 3.57. The molecular weight excluding hydrogens is 386 g/mol. The van der Waals surface area contributed by atoms with Crippen LogP contribution in [0.4, 0.5) is 17.6 Å². The molecule has 0 unspecified atom stereocenters. The summed E-state index contributed by atoms with van der Waals surface area (Å²) < 4.78 is 58.1. The molecule has 1 heterocycles. The molecule has 1 aromatic carbocycles. The van der Waals surface area contributed by atoms with E-state index in [0.29, 0.717) is 6.07 Å². The van der Waals surface area contributed by atoms with E-state index in [4.69, 9.17) is 5.26 Å². The first kappa shape index (κ1) is 20.6. The topological polar surface area (TPSA) is 94.1 Å². The fourth-order valence-corrected chi connectivity index (χ4v) is 2.31. The average Bonchev–Trinajstić information content (AvgIpc) is 2.58. The molecular formula is C17H11F4N3O4. The Bertz CT molecular complexity index is 1140. The van der Waals surface area contributed by atoms with Gasteiger partial charge in [-0.05, 0) is 23.8 Å². The molecule has 7 nitrogen and oxygen atoms in total. The third kappa shape index (κ3) is 4.01.